The lowest BCUT2D eigenvalue weighted by Gasteiger charge is -2.21. The topological polar surface area (TPSA) is 34.1 Å². The van der Waals surface area contributed by atoms with Gasteiger partial charge >= 0.3 is 0 Å². The zero-order valence-corrected chi connectivity index (χ0v) is 13.5. The number of hydrogen-bond acceptors (Lipinski definition) is 4. The van der Waals surface area contributed by atoms with Crippen LogP contribution in [0.25, 0.3) is 0 Å². The molecule has 0 saturated carbocycles. The highest BCUT2D eigenvalue weighted by molar-refractivity contribution is 7.09. The molecule has 0 radical (unpaired) electrons. The maximum Gasteiger partial charge on any atom is 0.140 e. The van der Waals surface area contributed by atoms with Crippen LogP contribution in [0.15, 0.2) is 29.8 Å². The lowest BCUT2D eigenvalue weighted by atomic mass is 10.1. The van der Waals surface area contributed by atoms with E-state index in [0.29, 0.717) is 6.61 Å². The second-order valence-corrected chi connectivity index (χ2v) is 6.99. The van der Waals surface area contributed by atoms with E-state index in [4.69, 9.17) is 16.3 Å². The fourth-order valence-corrected chi connectivity index (χ4v) is 2.37. The minimum absolute atomic E-state index is 0.0505. The minimum Gasteiger partial charge on any atom is -0.486 e. The van der Waals surface area contributed by atoms with E-state index in [1.54, 1.807) is 17.5 Å². The molecular formula is C15H19ClN2OS. The Bertz CT molecular complexity index is 549. The van der Waals surface area contributed by atoms with Gasteiger partial charge in [0.15, 0.2) is 0 Å². The van der Waals surface area contributed by atoms with Gasteiger partial charge in [0.25, 0.3) is 0 Å². The summed E-state index contributed by atoms with van der Waals surface area (Å²) in [4.78, 5) is 4.22. The predicted molar refractivity (Wildman–Crippen MR) is 84.5 cm³/mol. The fourth-order valence-electron chi connectivity index (χ4n) is 1.65. The van der Waals surface area contributed by atoms with E-state index in [1.165, 1.54) is 0 Å². The number of halogens is 1. The first-order valence-electron chi connectivity index (χ1n) is 6.49. The van der Waals surface area contributed by atoms with Crippen LogP contribution in [-0.4, -0.2) is 10.5 Å². The van der Waals surface area contributed by atoms with E-state index in [-0.39, 0.29) is 5.54 Å². The molecule has 20 heavy (non-hydrogen) atoms. The first-order chi connectivity index (χ1) is 9.44. The smallest absolute Gasteiger partial charge is 0.140 e. The molecule has 0 fully saturated rings. The van der Waals surface area contributed by atoms with E-state index in [9.17, 15) is 0 Å². The van der Waals surface area contributed by atoms with Crippen molar-refractivity contribution in [2.75, 3.05) is 0 Å². The van der Waals surface area contributed by atoms with E-state index < -0.39 is 0 Å². The number of benzene rings is 1. The third-order valence-electron chi connectivity index (χ3n) is 2.67. The van der Waals surface area contributed by atoms with Gasteiger partial charge in [-0.25, -0.2) is 4.98 Å². The molecular weight excluding hydrogens is 292 g/mol. The largest absolute Gasteiger partial charge is 0.486 e. The number of nitrogens with one attached hydrogen (secondary N) is 1. The molecule has 5 heteroatoms. The Morgan fingerprint density at radius 3 is 2.80 bits per heavy atom. The molecule has 1 aromatic heterocycles. The highest BCUT2D eigenvalue weighted by Crippen LogP contribution is 2.24. The van der Waals surface area contributed by atoms with Crippen LogP contribution in [0.2, 0.25) is 5.02 Å². The lowest BCUT2D eigenvalue weighted by molar-refractivity contribution is 0.299. The maximum absolute atomic E-state index is 6.07. The number of aromatic nitrogens is 1. The normalized spacial score (nSPS) is 11.6. The Hall–Kier alpha value is -1.10. The first kappa shape index (κ1) is 15.3. The number of nitrogens with zero attached hydrogens (tertiary/aromatic N) is 1. The summed E-state index contributed by atoms with van der Waals surface area (Å²) in [6.45, 7) is 7.61. The molecule has 0 saturated heterocycles. The van der Waals surface area contributed by atoms with Gasteiger partial charge in [-0.05, 0) is 39.0 Å². The summed E-state index contributed by atoms with van der Waals surface area (Å²) in [6.07, 6.45) is 1.79. The quantitative estimate of drug-likeness (QED) is 0.896. The second-order valence-electron chi connectivity index (χ2n) is 5.57. The summed E-state index contributed by atoms with van der Waals surface area (Å²) in [6, 6.07) is 5.70. The Morgan fingerprint density at radius 2 is 2.15 bits per heavy atom. The monoisotopic (exact) mass is 310 g/mol. The molecule has 0 aliphatic rings. The van der Waals surface area contributed by atoms with Gasteiger partial charge < -0.3 is 10.1 Å². The molecule has 108 valence electrons. The summed E-state index contributed by atoms with van der Waals surface area (Å²) in [7, 11) is 0. The summed E-state index contributed by atoms with van der Waals surface area (Å²) < 4.78 is 5.85. The van der Waals surface area contributed by atoms with Crippen molar-refractivity contribution in [3.63, 3.8) is 0 Å². The first-order valence-corrected chi connectivity index (χ1v) is 7.74. The Morgan fingerprint density at radius 1 is 1.35 bits per heavy atom. The summed E-state index contributed by atoms with van der Waals surface area (Å²) in [5.41, 5.74) is 1.11. The fraction of sp³-hybridized carbons (Fsp3) is 0.400. The van der Waals surface area contributed by atoms with Crippen molar-refractivity contribution in [3.05, 3.63) is 45.4 Å². The van der Waals surface area contributed by atoms with E-state index in [2.05, 4.69) is 31.1 Å². The molecule has 0 aliphatic heterocycles. The van der Waals surface area contributed by atoms with Crippen LogP contribution in [0.5, 0.6) is 5.75 Å². The van der Waals surface area contributed by atoms with Crippen LogP contribution in [0.3, 0.4) is 0 Å². The van der Waals surface area contributed by atoms with Gasteiger partial charge in [0.05, 0.1) is 0 Å². The Labute approximate surface area is 129 Å². The van der Waals surface area contributed by atoms with Gasteiger partial charge in [0, 0.05) is 34.2 Å². The van der Waals surface area contributed by atoms with E-state index in [1.807, 2.05) is 23.6 Å². The standard InChI is InChI=1S/C15H19ClN2OS/c1-15(2,3)18-9-11-8-12(16)4-5-13(11)19-10-14-17-6-7-20-14/h4-8,18H,9-10H2,1-3H3. The zero-order valence-electron chi connectivity index (χ0n) is 11.9. The molecule has 2 aromatic rings. The molecule has 1 N–H and O–H groups in total. The summed E-state index contributed by atoms with van der Waals surface area (Å²) >= 11 is 7.66. The van der Waals surface area contributed by atoms with Crippen LogP contribution >= 0.6 is 22.9 Å². The molecule has 2 rings (SSSR count). The summed E-state index contributed by atoms with van der Waals surface area (Å²) in [5, 5.41) is 7.08. The molecule has 1 aromatic carbocycles. The number of ether oxygens (including phenoxy) is 1. The Kier molecular flexibility index (Phi) is 5.02. The lowest BCUT2D eigenvalue weighted by Crippen LogP contribution is -2.35. The van der Waals surface area contributed by atoms with Crippen molar-refractivity contribution in [1.82, 2.24) is 10.3 Å². The van der Waals surface area contributed by atoms with Gasteiger partial charge in [-0.1, -0.05) is 11.6 Å². The van der Waals surface area contributed by atoms with Gasteiger partial charge in [0.2, 0.25) is 0 Å². The maximum atomic E-state index is 6.07. The molecule has 0 unspecified atom stereocenters. The highest BCUT2D eigenvalue weighted by atomic mass is 35.5. The number of thiazole rings is 1. The van der Waals surface area contributed by atoms with E-state index >= 15 is 0 Å². The molecule has 0 amide bonds. The van der Waals surface area contributed by atoms with E-state index in [0.717, 1.165) is 27.9 Å². The second kappa shape index (κ2) is 6.57. The van der Waals surface area contributed by atoms with Gasteiger partial charge in [-0.2, -0.15) is 0 Å². The molecule has 0 bridgehead atoms. The van der Waals surface area contributed by atoms with Crippen molar-refractivity contribution in [3.8, 4) is 5.75 Å². The zero-order chi connectivity index (χ0) is 14.6. The van der Waals surface area contributed by atoms with Crippen LogP contribution < -0.4 is 10.1 Å². The minimum atomic E-state index is 0.0505. The highest BCUT2D eigenvalue weighted by Gasteiger charge is 2.12. The van der Waals surface area contributed by atoms with Crippen molar-refractivity contribution in [2.45, 2.75) is 39.5 Å². The SMILES string of the molecule is CC(C)(C)NCc1cc(Cl)ccc1OCc1nccs1. The van der Waals surface area contributed by atoms with Gasteiger partial charge in [-0.15, -0.1) is 11.3 Å². The molecule has 3 nitrogen and oxygen atoms in total. The number of hydrogen-bond donors (Lipinski definition) is 1. The van der Waals surface area contributed by atoms with Crippen LogP contribution in [0, 0.1) is 0 Å². The molecule has 0 spiro atoms. The van der Waals surface area contributed by atoms with Crippen LogP contribution in [-0.2, 0) is 13.2 Å². The third-order valence-corrected chi connectivity index (χ3v) is 3.65. The van der Waals surface area contributed by atoms with Crippen molar-refractivity contribution >= 4 is 22.9 Å². The average molecular weight is 311 g/mol. The van der Waals surface area contributed by atoms with Crippen LogP contribution in [0.1, 0.15) is 31.3 Å². The average Bonchev–Trinajstić information content (AvgIpc) is 2.87. The van der Waals surface area contributed by atoms with Gasteiger partial charge in [-0.3, -0.25) is 0 Å². The van der Waals surface area contributed by atoms with Crippen LogP contribution in [0.4, 0.5) is 0 Å². The Balaban J connectivity index is 2.07. The predicted octanol–water partition coefficient (Wildman–Crippen LogP) is 4.26. The molecule has 0 atom stereocenters. The van der Waals surface area contributed by atoms with Crippen molar-refractivity contribution in [1.29, 1.82) is 0 Å². The molecule has 1 heterocycles. The summed E-state index contributed by atoms with van der Waals surface area (Å²) in [5.74, 6) is 0.848. The third kappa shape index (κ3) is 4.78. The van der Waals surface area contributed by atoms with Gasteiger partial charge in [0.1, 0.15) is 17.4 Å². The molecule has 0 aliphatic carbocycles. The number of rotatable bonds is 5. The van der Waals surface area contributed by atoms with Crippen molar-refractivity contribution < 1.29 is 4.74 Å². The van der Waals surface area contributed by atoms with Crippen molar-refractivity contribution in [2.24, 2.45) is 0 Å².